The Hall–Kier alpha value is 1.08. The second-order valence-electron chi connectivity index (χ2n) is 9.59. The molecule has 0 heterocycles. The van der Waals surface area contributed by atoms with Gasteiger partial charge in [0.05, 0.1) is 20.2 Å². The molecule has 0 saturated heterocycles. The Labute approximate surface area is 248 Å². The summed E-state index contributed by atoms with van der Waals surface area (Å²) in [5, 5.41) is 0. The van der Waals surface area contributed by atoms with Crippen LogP contribution in [-0.2, 0) is 20.2 Å². The van der Waals surface area contributed by atoms with Crippen LogP contribution < -0.4 is 0 Å². The van der Waals surface area contributed by atoms with Gasteiger partial charge >= 0.3 is 37.7 Å². The van der Waals surface area contributed by atoms with E-state index in [0.29, 0.717) is 12.8 Å². The summed E-state index contributed by atoms with van der Waals surface area (Å²) in [6.07, 6.45) is 25.7. The van der Waals surface area contributed by atoms with Crippen LogP contribution in [0.25, 0.3) is 0 Å². The van der Waals surface area contributed by atoms with Crippen LogP contribution in [0, 0.1) is 0 Å². The van der Waals surface area contributed by atoms with Crippen LogP contribution in [0.5, 0.6) is 0 Å². The summed E-state index contributed by atoms with van der Waals surface area (Å²) in [6.45, 7) is 4.45. The molecule has 0 aliphatic rings. The van der Waals surface area contributed by atoms with E-state index in [-0.39, 0.29) is 49.2 Å². The van der Waals surface area contributed by atoms with E-state index in [4.69, 9.17) is 0 Å². The molecule has 0 aromatic heterocycles. The minimum Gasteiger partial charge on any atom is -0.748 e. The summed E-state index contributed by atoms with van der Waals surface area (Å²) in [6, 6.07) is 0. The average Bonchev–Trinajstić information content (AvgIpc) is 2.75. The molecule has 0 aliphatic heterocycles. The van der Waals surface area contributed by atoms with Gasteiger partial charge in [-0.25, -0.2) is 16.8 Å². The predicted octanol–water partition coefficient (Wildman–Crippen LogP) is 7.30. The van der Waals surface area contributed by atoms with E-state index in [0.717, 1.165) is 25.7 Å². The van der Waals surface area contributed by atoms with Gasteiger partial charge in [0, 0.05) is 11.5 Å². The van der Waals surface area contributed by atoms with E-state index in [1.165, 1.54) is 103 Å². The molecule has 208 valence electrons. The average molecular weight is 567 g/mol. The summed E-state index contributed by atoms with van der Waals surface area (Å²) in [4.78, 5) is 0. The maximum absolute atomic E-state index is 10.3. The zero-order valence-electron chi connectivity index (χ0n) is 22.9. The molecule has 0 N–H and O–H groups in total. The van der Waals surface area contributed by atoms with E-state index in [1.807, 2.05) is 0 Å². The van der Waals surface area contributed by atoms with Crippen LogP contribution >= 0.6 is 0 Å². The Balaban J connectivity index is -0.000000569. The van der Waals surface area contributed by atoms with Gasteiger partial charge in [0.1, 0.15) is 0 Å². The first-order chi connectivity index (χ1) is 16.1. The molecular formula is C26H54CaO6S2. The molecule has 9 heteroatoms. The minimum absolute atomic E-state index is 0. The Bertz CT molecular complexity index is 555. The molecule has 0 aliphatic carbocycles. The first-order valence-electron chi connectivity index (χ1n) is 14.0. The molecule has 0 aromatic carbocycles. The molecule has 0 rings (SSSR count). The summed E-state index contributed by atoms with van der Waals surface area (Å²) in [5.41, 5.74) is 0. The Morgan fingerprint density at radius 3 is 0.714 bits per heavy atom. The largest absolute Gasteiger partial charge is 2.00 e. The number of hydrogen-bond donors (Lipinski definition) is 0. The van der Waals surface area contributed by atoms with E-state index < -0.39 is 20.2 Å². The van der Waals surface area contributed by atoms with Crippen LogP contribution in [-0.4, -0.2) is 75.2 Å². The second-order valence-corrected chi connectivity index (χ2v) is 12.6. The van der Waals surface area contributed by atoms with E-state index in [1.54, 1.807) is 0 Å². The maximum Gasteiger partial charge on any atom is 2.00 e. The minimum atomic E-state index is -3.98. The van der Waals surface area contributed by atoms with Crippen LogP contribution in [0.1, 0.15) is 155 Å². The fourth-order valence-electron chi connectivity index (χ4n) is 3.89. The summed E-state index contributed by atoms with van der Waals surface area (Å²) in [5.74, 6) is -0.381. The second kappa shape index (κ2) is 29.6. The predicted molar refractivity (Wildman–Crippen MR) is 148 cm³/mol. The fourth-order valence-corrected chi connectivity index (χ4v) is 5.00. The van der Waals surface area contributed by atoms with Crippen LogP contribution in [0.3, 0.4) is 0 Å². The quantitative estimate of drug-likeness (QED) is 0.0687. The van der Waals surface area contributed by atoms with Gasteiger partial charge in [-0.1, -0.05) is 142 Å². The molecule has 0 bridgehead atoms. The zero-order chi connectivity index (χ0) is 26.0. The SMILES string of the molecule is CCCCCCCCCCCCCS(=O)(=O)[O-].CCCCCCCCCCCCCS(=O)(=O)[O-].[Ca+2]. The number of unbranched alkanes of at least 4 members (excludes halogenated alkanes) is 20. The Kier molecular flexibility index (Phi) is 34.4. The monoisotopic (exact) mass is 566 g/mol. The van der Waals surface area contributed by atoms with Crippen LogP contribution in [0.15, 0.2) is 0 Å². The summed E-state index contributed by atoms with van der Waals surface area (Å²) < 4.78 is 62.0. The van der Waals surface area contributed by atoms with E-state index in [2.05, 4.69) is 13.8 Å². The standard InChI is InChI=1S/2C13H28O3S.Ca/c2*1-2-3-4-5-6-7-8-9-10-11-12-13-17(14,15)16;/h2*2-13H2,1H3,(H,14,15,16);/q;;+2/p-2. The van der Waals surface area contributed by atoms with Crippen molar-refractivity contribution in [3.63, 3.8) is 0 Å². The molecule has 0 atom stereocenters. The third-order valence-electron chi connectivity index (χ3n) is 6.00. The Morgan fingerprint density at radius 2 is 0.543 bits per heavy atom. The smallest absolute Gasteiger partial charge is 0.748 e. The van der Waals surface area contributed by atoms with Gasteiger partial charge in [-0.2, -0.15) is 0 Å². The van der Waals surface area contributed by atoms with Crippen molar-refractivity contribution in [2.24, 2.45) is 0 Å². The van der Waals surface area contributed by atoms with Gasteiger partial charge < -0.3 is 9.11 Å². The van der Waals surface area contributed by atoms with Crippen molar-refractivity contribution in [3.05, 3.63) is 0 Å². The van der Waals surface area contributed by atoms with Gasteiger partial charge in [-0.3, -0.25) is 0 Å². The molecule has 0 radical (unpaired) electrons. The van der Waals surface area contributed by atoms with E-state index in [9.17, 15) is 25.9 Å². The topological polar surface area (TPSA) is 114 Å². The van der Waals surface area contributed by atoms with Crippen molar-refractivity contribution >= 4 is 58.0 Å². The molecule has 0 unspecified atom stereocenters. The summed E-state index contributed by atoms with van der Waals surface area (Å²) >= 11 is 0. The molecule has 0 spiro atoms. The Morgan fingerprint density at radius 1 is 0.371 bits per heavy atom. The van der Waals surface area contributed by atoms with Crippen molar-refractivity contribution in [2.75, 3.05) is 11.5 Å². The third-order valence-corrected chi connectivity index (χ3v) is 7.57. The molecule has 6 nitrogen and oxygen atoms in total. The van der Waals surface area contributed by atoms with E-state index >= 15 is 0 Å². The normalized spacial score (nSPS) is 11.5. The first-order valence-corrected chi connectivity index (χ1v) is 17.1. The molecule has 0 saturated carbocycles. The molecule has 35 heavy (non-hydrogen) atoms. The molecular weight excluding hydrogens is 512 g/mol. The van der Waals surface area contributed by atoms with Gasteiger partial charge in [-0.15, -0.1) is 0 Å². The third kappa shape index (κ3) is 45.4. The molecule has 0 amide bonds. The van der Waals surface area contributed by atoms with Gasteiger partial charge in [0.2, 0.25) is 0 Å². The summed E-state index contributed by atoms with van der Waals surface area (Å²) in [7, 11) is -7.97. The maximum atomic E-state index is 10.3. The van der Waals surface area contributed by atoms with Crippen molar-refractivity contribution < 1.29 is 25.9 Å². The van der Waals surface area contributed by atoms with Crippen molar-refractivity contribution in [2.45, 2.75) is 155 Å². The number of rotatable bonds is 24. The fraction of sp³-hybridized carbons (Fsp3) is 1.00. The van der Waals surface area contributed by atoms with Gasteiger partial charge in [0.25, 0.3) is 0 Å². The molecule has 0 fully saturated rings. The first kappa shape index (κ1) is 40.6. The molecule has 0 aromatic rings. The van der Waals surface area contributed by atoms with Crippen LogP contribution in [0.2, 0.25) is 0 Å². The van der Waals surface area contributed by atoms with Gasteiger partial charge in [0.15, 0.2) is 0 Å². The van der Waals surface area contributed by atoms with Crippen LogP contribution in [0.4, 0.5) is 0 Å². The zero-order valence-corrected chi connectivity index (χ0v) is 26.8. The van der Waals surface area contributed by atoms with Gasteiger partial charge in [-0.05, 0) is 12.8 Å². The number of hydrogen-bond acceptors (Lipinski definition) is 6. The van der Waals surface area contributed by atoms with Crippen molar-refractivity contribution in [1.29, 1.82) is 0 Å². The van der Waals surface area contributed by atoms with Crippen molar-refractivity contribution in [1.82, 2.24) is 0 Å². The van der Waals surface area contributed by atoms with Crippen molar-refractivity contribution in [3.8, 4) is 0 Å².